The molecule has 0 aliphatic carbocycles. The van der Waals surface area contributed by atoms with Gasteiger partial charge in [-0.3, -0.25) is 14.2 Å². The minimum Gasteiger partial charge on any atom is -0.495 e. The first-order valence-corrected chi connectivity index (χ1v) is 6.12. The molecule has 2 rings (SSSR count). The Morgan fingerprint density at radius 3 is 2.53 bits per heavy atom. The number of aromatic nitrogens is 2. The molecule has 0 aliphatic heterocycles. The molecule has 0 bridgehead atoms. The van der Waals surface area contributed by atoms with E-state index in [9.17, 15) is 9.59 Å². The van der Waals surface area contributed by atoms with Crippen LogP contribution in [-0.2, 0) is 6.54 Å². The first kappa shape index (κ1) is 13.4. The van der Waals surface area contributed by atoms with Gasteiger partial charge in [0.15, 0.2) is 0 Å². The molecule has 19 heavy (non-hydrogen) atoms. The van der Waals surface area contributed by atoms with Crippen LogP contribution in [0.3, 0.4) is 0 Å². The molecule has 0 saturated carbocycles. The van der Waals surface area contributed by atoms with Crippen LogP contribution >= 0.6 is 11.6 Å². The van der Waals surface area contributed by atoms with Gasteiger partial charge in [-0.2, -0.15) is 0 Å². The van der Waals surface area contributed by atoms with Crippen molar-refractivity contribution >= 4 is 11.6 Å². The van der Waals surface area contributed by atoms with E-state index < -0.39 is 11.1 Å². The van der Waals surface area contributed by atoms with E-state index >= 15 is 0 Å². The Morgan fingerprint density at radius 1 is 1.21 bits per heavy atom. The lowest BCUT2D eigenvalue weighted by Gasteiger charge is -2.09. The van der Waals surface area contributed by atoms with E-state index in [2.05, 4.69) is 0 Å². The fourth-order valence-corrected chi connectivity index (χ4v) is 2.02. The maximum absolute atomic E-state index is 12.0. The number of hydrogen-bond acceptors (Lipinski definition) is 3. The fraction of sp³-hybridized carbons (Fsp3) is 0.231. The van der Waals surface area contributed by atoms with Crippen LogP contribution in [0.4, 0.5) is 0 Å². The highest BCUT2D eigenvalue weighted by atomic mass is 35.5. The lowest BCUT2D eigenvalue weighted by molar-refractivity contribution is 0.415. The van der Waals surface area contributed by atoms with E-state index in [1.165, 1.54) is 16.2 Å². The highest BCUT2D eigenvalue weighted by Crippen LogP contribution is 2.25. The highest BCUT2D eigenvalue weighted by Gasteiger charge is 2.08. The fourth-order valence-electron chi connectivity index (χ4n) is 1.77. The Labute approximate surface area is 114 Å². The molecule has 1 aromatic carbocycles. The van der Waals surface area contributed by atoms with Crippen molar-refractivity contribution in [3.05, 3.63) is 56.3 Å². The summed E-state index contributed by atoms with van der Waals surface area (Å²) in [5, 5.41) is 0.381. The summed E-state index contributed by atoms with van der Waals surface area (Å²) in [7, 11) is 1.51. The molecule has 0 aliphatic rings. The van der Waals surface area contributed by atoms with Gasteiger partial charge in [-0.15, -0.1) is 0 Å². The zero-order chi connectivity index (χ0) is 14.0. The van der Waals surface area contributed by atoms with Crippen LogP contribution in [0.2, 0.25) is 5.02 Å². The number of hydrogen-bond donors (Lipinski definition) is 0. The van der Waals surface area contributed by atoms with E-state index in [0.717, 1.165) is 0 Å². The second-order valence-electron chi connectivity index (χ2n) is 3.88. The van der Waals surface area contributed by atoms with Crippen LogP contribution in [0.25, 0.3) is 5.69 Å². The quantitative estimate of drug-likeness (QED) is 0.804. The second-order valence-corrected chi connectivity index (χ2v) is 4.29. The molecule has 0 atom stereocenters. The topological polar surface area (TPSA) is 53.2 Å². The van der Waals surface area contributed by atoms with Gasteiger partial charge in [0.1, 0.15) is 5.75 Å². The number of ether oxygens (including phenoxy) is 1. The first-order valence-electron chi connectivity index (χ1n) is 5.74. The number of benzene rings is 1. The standard InChI is InChI=1S/C13H13ClN2O3/c1-3-15-6-7-16(13(18)12(15)17)9-4-5-11(19-2)10(14)8-9/h4-8H,3H2,1-2H3. The van der Waals surface area contributed by atoms with Crippen molar-refractivity contribution in [2.45, 2.75) is 13.5 Å². The SMILES string of the molecule is CCn1ccn(-c2ccc(OC)c(Cl)c2)c(=O)c1=O. The molecule has 5 nitrogen and oxygen atoms in total. The molecule has 0 fully saturated rings. The Hall–Kier alpha value is -2.01. The molecule has 0 radical (unpaired) electrons. The van der Waals surface area contributed by atoms with Crippen molar-refractivity contribution in [1.82, 2.24) is 9.13 Å². The van der Waals surface area contributed by atoms with Crippen LogP contribution in [0.15, 0.2) is 40.2 Å². The van der Waals surface area contributed by atoms with Crippen LogP contribution in [0.1, 0.15) is 6.92 Å². The van der Waals surface area contributed by atoms with Crippen molar-refractivity contribution in [3.63, 3.8) is 0 Å². The summed E-state index contributed by atoms with van der Waals surface area (Å²) in [5.74, 6) is 0.514. The summed E-state index contributed by atoms with van der Waals surface area (Å²) in [6.45, 7) is 2.26. The number of methoxy groups -OCH3 is 1. The van der Waals surface area contributed by atoms with Crippen molar-refractivity contribution in [3.8, 4) is 11.4 Å². The van der Waals surface area contributed by atoms with E-state index in [1.54, 1.807) is 37.5 Å². The van der Waals surface area contributed by atoms with Crippen molar-refractivity contribution in [2.75, 3.05) is 7.11 Å². The minimum absolute atomic E-state index is 0.381. The lowest BCUT2D eigenvalue weighted by atomic mass is 10.3. The van der Waals surface area contributed by atoms with Gasteiger partial charge in [-0.05, 0) is 25.1 Å². The van der Waals surface area contributed by atoms with Gasteiger partial charge in [-0.25, -0.2) is 0 Å². The van der Waals surface area contributed by atoms with E-state index in [1.807, 2.05) is 0 Å². The normalized spacial score (nSPS) is 10.5. The Balaban J connectivity index is 2.60. The molecule has 0 spiro atoms. The van der Waals surface area contributed by atoms with Crippen molar-refractivity contribution < 1.29 is 4.74 Å². The van der Waals surface area contributed by atoms with Gasteiger partial charge >= 0.3 is 11.1 Å². The number of halogens is 1. The second kappa shape index (κ2) is 5.32. The molecule has 1 heterocycles. The summed E-state index contributed by atoms with van der Waals surface area (Å²) in [4.78, 5) is 23.7. The van der Waals surface area contributed by atoms with E-state index in [4.69, 9.17) is 16.3 Å². The predicted molar refractivity (Wildman–Crippen MR) is 73.5 cm³/mol. The Kier molecular flexibility index (Phi) is 3.76. The van der Waals surface area contributed by atoms with Crippen molar-refractivity contribution in [2.24, 2.45) is 0 Å². The third-order valence-electron chi connectivity index (χ3n) is 2.81. The maximum Gasteiger partial charge on any atom is 0.320 e. The van der Waals surface area contributed by atoms with Crippen LogP contribution in [0.5, 0.6) is 5.75 Å². The van der Waals surface area contributed by atoms with Crippen LogP contribution in [-0.4, -0.2) is 16.2 Å². The molecule has 0 N–H and O–H groups in total. The Morgan fingerprint density at radius 2 is 1.95 bits per heavy atom. The molecule has 0 unspecified atom stereocenters. The van der Waals surface area contributed by atoms with Crippen LogP contribution < -0.4 is 15.9 Å². The lowest BCUT2D eigenvalue weighted by Crippen LogP contribution is -2.39. The van der Waals surface area contributed by atoms with Gasteiger partial charge < -0.3 is 9.30 Å². The zero-order valence-corrected chi connectivity index (χ0v) is 11.3. The number of aryl methyl sites for hydroxylation is 1. The highest BCUT2D eigenvalue weighted by molar-refractivity contribution is 6.32. The van der Waals surface area contributed by atoms with Gasteiger partial charge in [0, 0.05) is 18.9 Å². The molecule has 1 aromatic heterocycles. The average molecular weight is 281 g/mol. The molecule has 6 heteroatoms. The maximum atomic E-state index is 12.0. The summed E-state index contributed by atoms with van der Waals surface area (Å²) in [5.41, 5.74) is -0.640. The summed E-state index contributed by atoms with van der Waals surface area (Å²) < 4.78 is 7.66. The van der Waals surface area contributed by atoms with E-state index in [-0.39, 0.29) is 0 Å². The minimum atomic E-state index is -0.606. The van der Waals surface area contributed by atoms with Crippen molar-refractivity contribution in [1.29, 1.82) is 0 Å². The first-order chi connectivity index (χ1) is 9.08. The monoisotopic (exact) mass is 280 g/mol. The largest absolute Gasteiger partial charge is 0.495 e. The predicted octanol–water partition coefficient (Wildman–Crippen LogP) is 1.68. The van der Waals surface area contributed by atoms with Gasteiger partial charge in [0.25, 0.3) is 0 Å². The third-order valence-corrected chi connectivity index (χ3v) is 3.11. The Bertz CT molecular complexity index is 719. The van der Waals surface area contributed by atoms with Gasteiger partial charge in [0.05, 0.1) is 17.8 Å². The van der Waals surface area contributed by atoms with Crippen LogP contribution in [0, 0.1) is 0 Å². The number of nitrogens with zero attached hydrogens (tertiary/aromatic N) is 2. The van der Waals surface area contributed by atoms with Gasteiger partial charge in [-0.1, -0.05) is 11.6 Å². The molecule has 2 aromatic rings. The summed E-state index contributed by atoms with van der Waals surface area (Å²) in [6, 6.07) is 4.90. The number of rotatable bonds is 3. The smallest absolute Gasteiger partial charge is 0.320 e. The zero-order valence-electron chi connectivity index (χ0n) is 10.6. The molecular formula is C13H13ClN2O3. The molecular weight excluding hydrogens is 268 g/mol. The summed E-state index contributed by atoms with van der Waals surface area (Å²) in [6.07, 6.45) is 3.12. The molecule has 0 saturated heterocycles. The molecule has 0 amide bonds. The third kappa shape index (κ3) is 2.42. The van der Waals surface area contributed by atoms with E-state index in [0.29, 0.717) is 23.0 Å². The van der Waals surface area contributed by atoms with Gasteiger partial charge in [0.2, 0.25) is 0 Å². The summed E-state index contributed by atoms with van der Waals surface area (Å²) >= 11 is 6.01. The average Bonchev–Trinajstić information content (AvgIpc) is 2.41. The molecule has 100 valence electrons.